The van der Waals surface area contributed by atoms with E-state index in [0.29, 0.717) is 0 Å². The average Bonchev–Trinajstić information content (AvgIpc) is 3.85. The third-order valence-electron chi connectivity index (χ3n) is 12.5. The van der Waals surface area contributed by atoms with Gasteiger partial charge in [-0.05, 0) is 85.3 Å². The van der Waals surface area contributed by atoms with E-state index in [1.165, 1.54) is 97.4 Å². The molecule has 0 bridgehead atoms. The molecule has 10 aromatic rings. The van der Waals surface area contributed by atoms with E-state index in [-0.39, 0.29) is 17.6 Å². The number of thiophene rings is 1. The minimum absolute atomic E-state index is 0.00726. The Balaban J connectivity index is 1.00. The van der Waals surface area contributed by atoms with E-state index in [0.717, 1.165) is 5.69 Å². The summed E-state index contributed by atoms with van der Waals surface area (Å²) in [4.78, 5) is 0. The Bertz CT molecular complexity index is 3200. The second kappa shape index (κ2) is 11.4. The summed E-state index contributed by atoms with van der Waals surface area (Å²) in [6.07, 6.45) is -0.0490. The van der Waals surface area contributed by atoms with Crippen LogP contribution in [0.1, 0.15) is 53.9 Å². The lowest BCUT2D eigenvalue weighted by atomic mass is 9.82. The molecule has 2 aliphatic rings. The van der Waals surface area contributed by atoms with E-state index in [4.69, 9.17) is 0 Å². The molecule has 3 heterocycles. The molecule has 2 aromatic heterocycles. The third kappa shape index (κ3) is 4.47. The lowest BCUT2D eigenvalue weighted by Gasteiger charge is -2.34. The van der Waals surface area contributed by atoms with Crippen molar-refractivity contribution in [2.45, 2.75) is 31.5 Å². The molecule has 1 aliphatic carbocycles. The number of benzene rings is 8. The molecule has 0 saturated carbocycles. The van der Waals surface area contributed by atoms with Gasteiger partial charge < -0.3 is 9.88 Å². The summed E-state index contributed by atoms with van der Waals surface area (Å²) in [6.45, 7) is 4.72. The summed E-state index contributed by atoms with van der Waals surface area (Å²) in [7, 11) is 0. The highest BCUT2D eigenvalue weighted by Gasteiger charge is 2.37. The van der Waals surface area contributed by atoms with Gasteiger partial charge in [0.1, 0.15) is 6.17 Å². The van der Waals surface area contributed by atoms with Crippen LogP contribution in [0, 0.1) is 0 Å². The molecule has 4 heteroatoms. The summed E-state index contributed by atoms with van der Waals surface area (Å²) in [5.41, 5.74) is 12.9. The molecule has 0 saturated heterocycles. The van der Waals surface area contributed by atoms with Crippen LogP contribution in [0.4, 0.5) is 5.00 Å². The quantitative estimate of drug-likeness (QED) is 0.190. The zero-order valence-electron chi connectivity index (χ0n) is 30.6. The first-order valence-electron chi connectivity index (χ1n) is 19.2. The van der Waals surface area contributed by atoms with Gasteiger partial charge in [0.25, 0.3) is 0 Å². The molecule has 0 fully saturated rings. The summed E-state index contributed by atoms with van der Waals surface area (Å²) in [5.74, 6) is 0. The Hall–Kier alpha value is -6.20. The van der Waals surface area contributed by atoms with Crippen molar-refractivity contribution < 1.29 is 0 Å². The molecule has 1 aliphatic heterocycles. The molecule has 12 rings (SSSR count). The number of aromatic nitrogens is 1. The summed E-state index contributed by atoms with van der Waals surface area (Å²) >= 11 is 1.86. The van der Waals surface area contributed by atoms with Crippen molar-refractivity contribution in [1.29, 1.82) is 0 Å². The molecule has 262 valence electrons. The van der Waals surface area contributed by atoms with Crippen LogP contribution in [-0.2, 0) is 5.41 Å². The molecule has 0 amide bonds. The zero-order valence-corrected chi connectivity index (χ0v) is 31.4. The first-order valence-corrected chi connectivity index (χ1v) is 20.1. The van der Waals surface area contributed by atoms with Gasteiger partial charge in [-0.2, -0.15) is 0 Å². The average molecular weight is 724 g/mol. The van der Waals surface area contributed by atoms with Crippen LogP contribution in [0.3, 0.4) is 0 Å². The van der Waals surface area contributed by atoms with Gasteiger partial charge in [-0.1, -0.05) is 147 Å². The second-order valence-corrected chi connectivity index (χ2v) is 16.9. The maximum Gasteiger partial charge on any atom is 0.105 e. The van der Waals surface area contributed by atoms with E-state index in [2.05, 4.69) is 193 Å². The number of nitrogens with zero attached hydrogens (tertiary/aromatic N) is 1. The van der Waals surface area contributed by atoms with Gasteiger partial charge in [0.2, 0.25) is 0 Å². The fraction of sp³-hybridized carbons (Fsp3) is 0.0980. The molecule has 2 atom stereocenters. The van der Waals surface area contributed by atoms with Crippen molar-refractivity contribution in [3.63, 3.8) is 0 Å². The van der Waals surface area contributed by atoms with Gasteiger partial charge in [0, 0.05) is 37.5 Å². The monoisotopic (exact) mass is 723 g/mol. The Morgan fingerprint density at radius 1 is 0.545 bits per heavy atom. The van der Waals surface area contributed by atoms with Crippen molar-refractivity contribution in [2.75, 3.05) is 5.32 Å². The van der Waals surface area contributed by atoms with Crippen molar-refractivity contribution in [3.8, 4) is 16.8 Å². The molecular formula is C51H37N3S. The standard InChI is InChI=1S/C51H37N3S/c1-51(2)42-17-9-7-15-37(42)38-25-22-34(28-43(38)51)49-52-47(46-40-16-8-10-18-45(40)55-50(46)53-49)31-19-23-35(24-20-31)54-44-29-33-13-4-3-12-32(33)27-41(44)39-26-21-30-11-5-6-14-36(30)48(39)54/h3-29,47,49,52-53H,1-2H3. The van der Waals surface area contributed by atoms with E-state index in [1.807, 2.05) is 11.3 Å². The normalized spacial score (nSPS) is 17.1. The second-order valence-electron chi connectivity index (χ2n) is 15.8. The molecule has 0 radical (unpaired) electrons. The van der Waals surface area contributed by atoms with Crippen molar-refractivity contribution in [2.24, 2.45) is 0 Å². The molecule has 0 spiro atoms. The summed E-state index contributed by atoms with van der Waals surface area (Å²) < 4.78 is 3.79. The lowest BCUT2D eigenvalue weighted by Crippen LogP contribution is -2.36. The molecular weight excluding hydrogens is 687 g/mol. The largest absolute Gasteiger partial charge is 0.357 e. The molecule has 2 unspecified atom stereocenters. The van der Waals surface area contributed by atoms with Gasteiger partial charge >= 0.3 is 0 Å². The highest BCUT2D eigenvalue weighted by molar-refractivity contribution is 7.23. The SMILES string of the molecule is CC1(C)c2ccccc2-c2ccc(C3Nc4sc5ccccc5c4C(c4ccc(-n5c6cc7ccccc7cc6c6ccc7ccccc7c65)cc4)N3)cc21. The lowest BCUT2D eigenvalue weighted by molar-refractivity contribution is 0.510. The van der Waals surface area contributed by atoms with E-state index in [1.54, 1.807) is 0 Å². The Morgan fingerprint density at radius 2 is 1.24 bits per heavy atom. The fourth-order valence-electron chi connectivity index (χ4n) is 9.77. The molecule has 55 heavy (non-hydrogen) atoms. The van der Waals surface area contributed by atoms with Crippen LogP contribution in [0.2, 0.25) is 0 Å². The van der Waals surface area contributed by atoms with E-state index >= 15 is 0 Å². The highest BCUT2D eigenvalue weighted by Crippen LogP contribution is 2.51. The molecule has 3 nitrogen and oxygen atoms in total. The van der Waals surface area contributed by atoms with Crippen LogP contribution in [-0.4, -0.2) is 4.57 Å². The van der Waals surface area contributed by atoms with Crippen molar-refractivity contribution >= 4 is 69.8 Å². The number of nitrogens with one attached hydrogen (secondary N) is 2. The first-order chi connectivity index (χ1) is 27.0. The minimum atomic E-state index is -0.0565. The highest BCUT2D eigenvalue weighted by atomic mass is 32.1. The first kappa shape index (κ1) is 31.2. The van der Waals surface area contributed by atoms with Gasteiger partial charge in [-0.3, -0.25) is 5.32 Å². The maximum atomic E-state index is 4.11. The predicted octanol–water partition coefficient (Wildman–Crippen LogP) is 13.4. The Labute approximate surface area is 323 Å². The third-order valence-corrected chi connectivity index (χ3v) is 13.6. The van der Waals surface area contributed by atoms with Crippen molar-refractivity contribution in [3.05, 3.63) is 192 Å². The van der Waals surface area contributed by atoms with Gasteiger partial charge in [0.05, 0.1) is 22.1 Å². The minimum Gasteiger partial charge on any atom is -0.357 e. The Kier molecular flexibility index (Phi) is 6.47. The molecule has 2 N–H and O–H groups in total. The van der Waals surface area contributed by atoms with E-state index in [9.17, 15) is 0 Å². The van der Waals surface area contributed by atoms with Crippen LogP contribution in [0.25, 0.3) is 70.3 Å². The van der Waals surface area contributed by atoms with Gasteiger partial charge in [0.15, 0.2) is 0 Å². The molecule has 8 aromatic carbocycles. The number of hydrogen-bond acceptors (Lipinski definition) is 3. The van der Waals surface area contributed by atoms with Crippen LogP contribution in [0.5, 0.6) is 0 Å². The van der Waals surface area contributed by atoms with E-state index < -0.39 is 0 Å². The maximum absolute atomic E-state index is 4.11. The topological polar surface area (TPSA) is 29.0 Å². The Morgan fingerprint density at radius 3 is 2.09 bits per heavy atom. The van der Waals surface area contributed by atoms with Gasteiger partial charge in [-0.25, -0.2) is 0 Å². The van der Waals surface area contributed by atoms with Crippen LogP contribution in [0.15, 0.2) is 164 Å². The van der Waals surface area contributed by atoms with Crippen molar-refractivity contribution in [1.82, 2.24) is 9.88 Å². The fourth-order valence-corrected chi connectivity index (χ4v) is 10.9. The van der Waals surface area contributed by atoms with Gasteiger partial charge in [-0.15, -0.1) is 11.3 Å². The smallest absolute Gasteiger partial charge is 0.105 e. The van der Waals surface area contributed by atoms with Crippen LogP contribution >= 0.6 is 11.3 Å². The predicted molar refractivity (Wildman–Crippen MR) is 233 cm³/mol. The number of anilines is 1. The number of fused-ring (bicyclic) bond motifs is 12. The number of hydrogen-bond donors (Lipinski definition) is 2. The summed E-state index contributed by atoms with van der Waals surface area (Å²) in [5, 5.41) is 18.2. The van der Waals surface area contributed by atoms with Crippen LogP contribution < -0.4 is 10.6 Å². The summed E-state index contributed by atoms with van der Waals surface area (Å²) in [6, 6.07) is 61.0. The number of rotatable bonds is 3. The zero-order chi connectivity index (χ0) is 36.4.